The van der Waals surface area contributed by atoms with Gasteiger partial charge in [-0.3, -0.25) is 0 Å². The van der Waals surface area contributed by atoms with Gasteiger partial charge in [0.15, 0.2) is 0 Å². The summed E-state index contributed by atoms with van der Waals surface area (Å²) in [6.07, 6.45) is 8.71. The van der Waals surface area contributed by atoms with E-state index in [1.165, 1.54) is 33.4 Å². The van der Waals surface area contributed by atoms with Crippen LogP contribution in [0.2, 0.25) is 0 Å². The van der Waals surface area contributed by atoms with Gasteiger partial charge >= 0.3 is 0 Å². The molecular formula is C53H36BrNO. The average molecular weight is 783 g/mol. The van der Waals surface area contributed by atoms with Gasteiger partial charge in [-0.15, -0.1) is 5.73 Å². The van der Waals surface area contributed by atoms with E-state index >= 15 is 0 Å². The fraction of sp³-hybridized carbons (Fsp3) is 0.0755. The zero-order valence-corrected chi connectivity index (χ0v) is 32.6. The van der Waals surface area contributed by atoms with Crippen LogP contribution < -0.4 is 4.90 Å². The van der Waals surface area contributed by atoms with Crippen molar-refractivity contribution in [3.8, 4) is 11.1 Å². The molecule has 3 aliphatic carbocycles. The highest BCUT2D eigenvalue weighted by Gasteiger charge is 2.46. The molecule has 0 N–H and O–H groups in total. The lowest BCUT2D eigenvalue weighted by Gasteiger charge is -2.42. The van der Waals surface area contributed by atoms with Crippen LogP contribution in [0.15, 0.2) is 202 Å². The van der Waals surface area contributed by atoms with Crippen LogP contribution in [-0.4, -0.2) is 0 Å². The van der Waals surface area contributed by atoms with Crippen LogP contribution in [0.5, 0.6) is 0 Å². The molecule has 266 valence electrons. The Morgan fingerprint density at radius 3 is 2.00 bits per heavy atom. The molecule has 0 radical (unpaired) electrons. The predicted octanol–water partition coefficient (Wildman–Crippen LogP) is 14.5. The lowest BCUT2D eigenvalue weighted by Crippen LogP contribution is -2.35. The summed E-state index contributed by atoms with van der Waals surface area (Å²) in [5.41, 5.74) is 20.1. The van der Waals surface area contributed by atoms with Gasteiger partial charge < -0.3 is 9.32 Å². The normalized spacial score (nSPS) is 17.2. The van der Waals surface area contributed by atoms with Crippen molar-refractivity contribution in [3.05, 3.63) is 231 Å². The number of furan rings is 1. The Bertz CT molecular complexity index is 3080. The van der Waals surface area contributed by atoms with Gasteiger partial charge in [-0.2, -0.15) is 0 Å². The largest absolute Gasteiger partial charge is 0.456 e. The van der Waals surface area contributed by atoms with Crippen LogP contribution in [0.1, 0.15) is 47.2 Å². The fourth-order valence-corrected chi connectivity index (χ4v) is 10.3. The number of rotatable bonds is 5. The molecule has 0 saturated carbocycles. The Labute approximate surface area is 335 Å². The number of anilines is 3. The van der Waals surface area contributed by atoms with Crippen molar-refractivity contribution in [3.63, 3.8) is 0 Å². The Morgan fingerprint density at radius 1 is 0.518 bits per heavy atom. The molecule has 1 aromatic heterocycles. The van der Waals surface area contributed by atoms with Crippen molar-refractivity contribution in [2.75, 3.05) is 4.90 Å². The molecule has 56 heavy (non-hydrogen) atoms. The van der Waals surface area contributed by atoms with Gasteiger partial charge in [-0.1, -0.05) is 151 Å². The molecular weight excluding hydrogens is 746 g/mol. The van der Waals surface area contributed by atoms with Gasteiger partial charge in [0.25, 0.3) is 0 Å². The first-order valence-corrected chi connectivity index (χ1v) is 20.0. The first kappa shape index (κ1) is 33.0. The zero-order valence-electron chi connectivity index (χ0n) is 31.1. The van der Waals surface area contributed by atoms with Gasteiger partial charge in [0.05, 0.1) is 11.1 Å². The monoisotopic (exact) mass is 781 g/mol. The van der Waals surface area contributed by atoms with Gasteiger partial charge in [0, 0.05) is 49.2 Å². The van der Waals surface area contributed by atoms with Crippen molar-refractivity contribution < 1.29 is 4.42 Å². The second-order valence-electron chi connectivity index (χ2n) is 15.5. The fourth-order valence-electron chi connectivity index (χ4n) is 9.69. The Balaban J connectivity index is 1.24. The van der Waals surface area contributed by atoms with Crippen LogP contribution in [0, 0.1) is 0 Å². The average Bonchev–Trinajstić information content (AvgIpc) is 3.60. The van der Waals surface area contributed by atoms with Crippen LogP contribution in [0.4, 0.5) is 17.1 Å². The van der Waals surface area contributed by atoms with Crippen LogP contribution in [-0.2, 0) is 10.8 Å². The minimum absolute atomic E-state index is 0.168. The van der Waals surface area contributed by atoms with Gasteiger partial charge in [0.2, 0.25) is 0 Å². The molecule has 0 aliphatic heterocycles. The Kier molecular flexibility index (Phi) is 7.26. The zero-order chi connectivity index (χ0) is 37.6. The molecule has 8 aromatic rings. The number of para-hydroxylation sites is 2. The number of fused-ring (bicyclic) bond motifs is 8. The molecule has 0 saturated heterocycles. The molecule has 7 aromatic carbocycles. The predicted molar refractivity (Wildman–Crippen MR) is 235 cm³/mol. The summed E-state index contributed by atoms with van der Waals surface area (Å²) in [5, 5.41) is 2.22. The molecule has 0 amide bonds. The van der Waals surface area contributed by atoms with Crippen molar-refractivity contribution in [2.24, 2.45) is 0 Å². The SMILES string of the molecule is CC1(C)c2ccccc2-c2ccc(N(c3ccc4c(c3)oc3ccccc34)c3ccccc3C3(c4ccccc4Br)C4=C=C(C=CC=C4)c4ccccc43)cc21. The summed E-state index contributed by atoms with van der Waals surface area (Å²) >= 11 is 4.07. The van der Waals surface area contributed by atoms with E-state index in [2.05, 4.69) is 216 Å². The maximum atomic E-state index is 6.56. The highest BCUT2D eigenvalue weighted by Crippen LogP contribution is 2.57. The number of halogens is 1. The van der Waals surface area contributed by atoms with Crippen LogP contribution in [0.25, 0.3) is 38.6 Å². The lowest BCUT2D eigenvalue weighted by molar-refractivity contribution is 0.660. The van der Waals surface area contributed by atoms with Crippen LogP contribution >= 0.6 is 15.9 Å². The minimum Gasteiger partial charge on any atom is -0.456 e. The minimum atomic E-state index is -0.729. The van der Waals surface area contributed by atoms with Crippen molar-refractivity contribution in [1.82, 2.24) is 0 Å². The molecule has 1 heterocycles. The quantitative estimate of drug-likeness (QED) is 0.162. The third kappa shape index (κ3) is 4.62. The topological polar surface area (TPSA) is 16.4 Å². The molecule has 11 rings (SSSR count). The van der Waals surface area contributed by atoms with E-state index in [0.29, 0.717) is 0 Å². The van der Waals surface area contributed by atoms with E-state index in [9.17, 15) is 0 Å². The summed E-state index contributed by atoms with van der Waals surface area (Å²) in [7, 11) is 0. The molecule has 3 aliphatic rings. The molecule has 1 atom stereocenters. The van der Waals surface area contributed by atoms with Gasteiger partial charge in [-0.05, 0) is 99.1 Å². The summed E-state index contributed by atoms with van der Waals surface area (Å²) in [4.78, 5) is 2.45. The van der Waals surface area contributed by atoms with Crippen LogP contribution in [0.3, 0.4) is 0 Å². The standard InChI is InChI=1S/C53H36BrNO/c1-52(2)43-20-8-6-18-39(43)40-29-27-36(32-47(40)52)55(37-28-30-42-41-19-7-14-26-50(41)56-51(42)33-37)49-25-13-11-23-46(49)53(45-22-10-12-24-48(45)54)35-16-4-3-15-34(31-35)38-17-5-9-21-44(38)53/h3-30,32-33H,1-2H3. The number of allylic oxidation sites excluding steroid dienone is 5. The molecule has 0 spiro atoms. The Hall–Kier alpha value is -6.38. The number of nitrogens with zero attached hydrogens (tertiary/aromatic N) is 1. The first-order valence-electron chi connectivity index (χ1n) is 19.2. The van der Waals surface area contributed by atoms with E-state index in [1.807, 2.05) is 6.07 Å². The second kappa shape index (κ2) is 12.3. The van der Waals surface area contributed by atoms with Gasteiger partial charge in [0.1, 0.15) is 11.2 Å². The lowest BCUT2D eigenvalue weighted by atomic mass is 9.61. The van der Waals surface area contributed by atoms with Crippen molar-refractivity contribution >= 4 is 60.5 Å². The maximum absolute atomic E-state index is 6.56. The van der Waals surface area contributed by atoms with Gasteiger partial charge in [-0.25, -0.2) is 0 Å². The molecule has 2 bridgehead atoms. The summed E-state index contributed by atoms with van der Waals surface area (Å²) < 4.78 is 7.61. The third-order valence-electron chi connectivity index (χ3n) is 12.2. The summed E-state index contributed by atoms with van der Waals surface area (Å²) in [6.45, 7) is 4.70. The molecule has 0 fully saturated rings. The van der Waals surface area contributed by atoms with E-state index in [-0.39, 0.29) is 5.41 Å². The van der Waals surface area contributed by atoms with E-state index < -0.39 is 5.41 Å². The summed E-state index contributed by atoms with van der Waals surface area (Å²) in [5.74, 6) is 0. The summed E-state index contributed by atoms with van der Waals surface area (Å²) in [6, 6.07) is 57.4. The smallest absolute Gasteiger partial charge is 0.137 e. The number of hydrogen-bond acceptors (Lipinski definition) is 2. The molecule has 1 unspecified atom stereocenters. The maximum Gasteiger partial charge on any atom is 0.137 e. The number of benzene rings is 7. The first-order chi connectivity index (χ1) is 27.4. The number of hydrogen-bond donors (Lipinski definition) is 0. The van der Waals surface area contributed by atoms with Crippen molar-refractivity contribution in [1.29, 1.82) is 0 Å². The third-order valence-corrected chi connectivity index (χ3v) is 12.9. The second-order valence-corrected chi connectivity index (χ2v) is 16.3. The van der Waals surface area contributed by atoms with E-state index in [0.717, 1.165) is 65.7 Å². The highest BCUT2D eigenvalue weighted by atomic mass is 79.9. The molecule has 3 heteroatoms. The van der Waals surface area contributed by atoms with Crippen molar-refractivity contribution in [2.45, 2.75) is 24.7 Å². The highest BCUT2D eigenvalue weighted by molar-refractivity contribution is 9.10. The molecule has 2 nitrogen and oxygen atoms in total. The van der Waals surface area contributed by atoms with E-state index in [4.69, 9.17) is 4.42 Å². The van der Waals surface area contributed by atoms with E-state index in [1.54, 1.807) is 0 Å². The Morgan fingerprint density at radius 2 is 1.14 bits per heavy atom.